The summed E-state index contributed by atoms with van der Waals surface area (Å²) < 4.78 is 14.7. The van der Waals surface area contributed by atoms with Gasteiger partial charge in [-0.15, -0.1) is 9.24 Å². The van der Waals surface area contributed by atoms with E-state index in [9.17, 15) is 9.18 Å². The Kier molecular flexibility index (Phi) is 5.34. The molecule has 0 radical (unpaired) electrons. The second-order valence-electron chi connectivity index (χ2n) is 8.92. The zero-order valence-corrected chi connectivity index (χ0v) is 19.2. The molecule has 2 aliphatic heterocycles. The third kappa shape index (κ3) is 3.95. The molecule has 2 aromatic carbocycles. The first kappa shape index (κ1) is 20.9. The average Bonchev–Trinajstić information content (AvgIpc) is 3.37. The molecule has 2 unspecified atom stereocenters. The predicted octanol–water partition coefficient (Wildman–Crippen LogP) is 5.28. The standard InChI is InChI=1S/C25H26FN4OP/c1-25(32)11-13-29(16-25)23-22(20(10-12-27-23)19-8-4-5-9-21(19)26)28-24(31)30-14-17-6-2-3-7-18(17)15-30/h2-10,12H,11,13-16,32H2,1H3,(H,28,31). The monoisotopic (exact) mass is 448 g/mol. The van der Waals surface area contributed by atoms with Gasteiger partial charge in [-0.25, -0.2) is 14.2 Å². The zero-order valence-electron chi connectivity index (χ0n) is 18.0. The summed E-state index contributed by atoms with van der Waals surface area (Å²) in [6.07, 6.45) is 2.69. The van der Waals surface area contributed by atoms with Gasteiger partial charge in [0.2, 0.25) is 0 Å². The van der Waals surface area contributed by atoms with Crippen LogP contribution in [0.15, 0.2) is 60.8 Å². The van der Waals surface area contributed by atoms with Crippen molar-refractivity contribution in [2.45, 2.75) is 31.6 Å². The van der Waals surface area contributed by atoms with E-state index in [2.05, 4.69) is 31.4 Å². The van der Waals surface area contributed by atoms with E-state index in [0.29, 0.717) is 35.7 Å². The van der Waals surface area contributed by atoms with Crippen molar-refractivity contribution >= 4 is 26.8 Å². The molecule has 164 valence electrons. The van der Waals surface area contributed by atoms with Crippen LogP contribution in [0, 0.1) is 5.82 Å². The zero-order chi connectivity index (χ0) is 22.3. The SMILES string of the molecule is CC1(P)CCN(c2nccc(-c3ccccc3F)c2NC(=O)N2Cc3ccccc3C2)C1. The maximum Gasteiger partial charge on any atom is 0.322 e. The Morgan fingerprint density at radius 3 is 2.41 bits per heavy atom. The van der Waals surface area contributed by atoms with Gasteiger partial charge in [-0.05, 0) is 29.7 Å². The van der Waals surface area contributed by atoms with Crippen molar-refractivity contribution in [1.29, 1.82) is 0 Å². The van der Waals surface area contributed by atoms with Crippen LogP contribution in [0.25, 0.3) is 11.1 Å². The molecule has 1 saturated heterocycles. The van der Waals surface area contributed by atoms with E-state index in [1.807, 2.05) is 24.3 Å². The first-order valence-corrected chi connectivity index (χ1v) is 11.4. The van der Waals surface area contributed by atoms with Crippen molar-refractivity contribution in [3.63, 3.8) is 0 Å². The van der Waals surface area contributed by atoms with Crippen LogP contribution in [0.3, 0.4) is 0 Å². The van der Waals surface area contributed by atoms with Crippen molar-refractivity contribution in [3.05, 3.63) is 77.7 Å². The summed E-state index contributed by atoms with van der Waals surface area (Å²) in [4.78, 5) is 21.9. The summed E-state index contributed by atoms with van der Waals surface area (Å²) in [7, 11) is 2.92. The molecule has 7 heteroatoms. The maximum absolute atomic E-state index is 14.7. The van der Waals surface area contributed by atoms with E-state index in [1.54, 1.807) is 35.4 Å². The van der Waals surface area contributed by atoms with Crippen LogP contribution in [-0.2, 0) is 13.1 Å². The van der Waals surface area contributed by atoms with E-state index in [4.69, 9.17) is 0 Å². The predicted molar refractivity (Wildman–Crippen MR) is 129 cm³/mol. The van der Waals surface area contributed by atoms with Crippen molar-refractivity contribution in [3.8, 4) is 11.1 Å². The van der Waals surface area contributed by atoms with Crippen molar-refractivity contribution in [2.24, 2.45) is 0 Å². The third-order valence-corrected chi connectivity index (χ3v) is 6.73. The number of halogens is 1. The van der Waals surface area contributed by atoms with E-state index < -0.39 is 0 Å². The number of aromatic nitrogens is 1. The number of carbonyl (C=O) groups excluding carboxylic acids is 1. The number of carbonyl (C=O) groups is 1. The molecule has 5 rings (SSSR count). The summed E-state index contributed by atoms with van der Waals surface area (Å²) in [5.74, 6) is 0.355. The minimum Gasteiger partial charge on any atom is -0.354 e. The summed E-state index contributed by atoms with van der Waals surface area (Å²) in [5.41, 5.74) is 3.95. The molecule has 32 heavy (non-hydrogen) atoms. The van der Waals surface area contributed by atoms with Gasteiger partial charge in [-0.1, -0.05) is 49.4 Å². The van der Waals surface area contributed by atoms with Crippen LogP contribution in [0.1, 0.15) is 24.5 Å². The number of nitrogens with one attached hydrogen (secondary N) is 1. The quantitative estimate of drug-likeness (QED) is 0.555. The van der Waals surface area contributed by atoms with Crippen LogP contribution < -0.4 is 10.2 Å². The van der Waals surface area contributed by atoms with Crippen LogP contribution in [-0.4, -0.2) is 34.2 Å². The Labute approximate surface area is 189 Å². The van der Waals surface area contributed by atoms with Gasteiger partial charge in [0.25, 0.3) is 0 Å². The summed E-state index contributed by atoms with van der Waals surface area (Å²) >= 11 is 0. The second-order valence-corrected chi connectivity index (χ2v) is 10.3. The van der Waals surface area contributed by atoms with Crippen molar-refractivity contribution in [1.82, 2.24) is 9.88 Å². The molecule has 3 heterocycles. The molecule has 0 spiro atoms. The number of urea groups is 1. The van der Waals surface area contributed by atoms with Crippen molar-refractivity contribution < 1.29 is 9.18 Å². The fourth-order valence-electron chi connectivity index (χ4n) is 4.55. The Hall–Kier alpha value is -2.98. The van der Waals surface area contributed by atoms with E-state index >= 15 is 0 Å². The molecular weight excluding hydrogens is 422 g/mol. The summed E-state index contributed by atoms with van der Waals surface area (Å²) in [5, 5.41) is 3.17. The van der Waals surface area contributed by atoms with Crippen LogP contribution in [0.5, 0.6) is 0 Å². The lowest BCUT2D eigenvalue weighted by Crippen LogP contribution is -2.32. The molecular formula is C25H26FN4OP. The minimum atomic E-state index is -0.328. The Morgan fingerprint density at radius 2 is 1.75 bits per heavy atom. The highest BCUT2D eigenvalue weighted by Gasteiger charge is 2.33. The number of rotatable bonds is 3. The topological polar surface area (TPSA) is 48.5 Å². The molecule has 2 atom stereocenters. The number of nitrogens with zero attached hydrogens (tertiary/aromatic N) is 3. The molecule has 1 fully saturated rings. The van der Waals surface area contributed by atoms with Gasteiger partial charge in [0.05, 0.1) is 5.69 Å². The van der Waals surface area contributed by atoms with Gasteiger partial charge in [0, 0.05) is 48.7 Å². The molecule has 5 nitrogen and oxygen atoms in total. The Bertz CT molecular complexity index is 1160. The molecule has 1 N–H and O–H groups in total. The van der Waals surface area contributed by atoms with Gasteiger partial charge in [0.15, 0.2) is 5.82 Å². The van der Waals surface area contributed by atoms with E-state index in [0.717, 1.165) is 30.6 Å². The molecule has 2 aliphatic rings. The molecule has 0 bridgehead atoms. The summed E-state index contributed by atoms with van der Waals surface area (Å²) in [6, 6.07) is 16.3. The smallest absolute Gasteiger partial charge is 0.322 e. The highest BCUT2D eigenvalue weighted by atomic mass is 31.0. The number of fused-ring (bicyclic) bond motifs is 1. The maximum atomic E-state index is 14.7. The minimum absolute atomic E-state index is 0.0769. The molecule has 0 aliphatic carbocycles. The van der Waals surface area contributed by atoms with Gasteiger partial charge in [0.1, 0.15) is 5.82 Å². The first-order chi connectivity index (χ1) is 15.4. The Balaban J connectivity index is 1.52. The highest BCUT2D eigenvalue weighted by Crippen LogP contribution is 2.40. The van der Waals surface area contributed by atoms with Crippen LogP contribution in [0.4, 0.5) is 20.7 Å². The number of amides is 2. The average molecular weight is 448 g/mol. The normalized spacial score (nSPS) is 19.8. The number of hydrogen-bond donors (Lipinski definition) is 1. The van der Waals surface area contributed by atoms with E-state index in [-0.39, 0.29) is 17.0 Å². The number of hydrogen-bond acceptors (Lipinski definition) is 3. The molecule has 3 aromatic rings. The van der Waals surface area contributed by atoms with E-state index in [1.165, 1.54) is 6.07 Å². The van der Waals surface area contributed by atoms with Crippen molar-refractivity contribution in [2.75, 3.05) is 23.3 Å². The molecule has 0 saturated carbocycles. The largest absolute Gasteiger partial charge is 0.354 e. The molecule has 1 aromatic heterocycles. The van der Waals surface area contributed by atoms with Gasteiger partial charge < -0.3 is 15.1 Å². The highest BCUT2D eigenvalue weighted by molar-refractivity contribution is 7.19. The lowest BCUT2D eigenvalue weighted by atomic mass is 10.0. The fraction of sp³-hybridized carbons (Fsp3) is 0.280. The lowest BCUT2D eigenvalue weighted by molar-refractivity contribution is 0.212. The van der Waals surface area contributed by atoms with Gasteiger partial charge >= 0.3 is 6.03 Å². The number of benzene rings is 2. The number of anilines is 2. The lowest BCUT2D eigenvalue weighted by Gasteiger charge is -2.26. The molecule has 2 amide bonds. The first-order valence-electron chi connectivity index (χ1n) is 10.8. The van der Waals surface area contributed by atoms with Crippen LogP contribution >= 0.6 is 9.24 Å². The van der Waals surface area contributed by atoms with Gasteiger partial charge in [-0.3, -0.25) is 0 Å². The van der Waals surface area contributed by atoms with Crippen LogP contribution in [0.2, 0.25) is 0 Å². The third-order valence-electron chi connectivity index (χ3n) is 6.26. The second kappa shape index (κ2) is 8.18. The van der Waals surface area contributed by atoms with Gasteiger partial charge in [-0.2, -0.15) is 0 Å². The fourth-order valence-corrected chi connectivity index (χ4v) is 4.90. The number of pyridine rings is 1. The Morgan fingerprint density at radius 1 is 1.06 bits per heavy atom. The summed E-state index contributed by atoms with van der Waals surface area (Å²) in [6.45, 7) is 4.92.